The van der Waals surface area contributed by atoms with E-state index >= 15 is 0 Å². The van der Waals surface area contributed by atoms with Gasteiger partial charge in [-0.15, -0.1) is 0 Å². The summed E-state index contributed by atoms with van der Waals surface area (Å²) in [6.45, 7) is 0. The van der Waals surface area contributed by atoms with E-state index in [1.807, 2.05) is 6.07 Å². The van der Waals surface area contributed by atoms with E-state index in [-0.39, 0.29) is 48.4 Å². The van der Waals surface area contributed by atoms with Crippen molar-refractivity contribution in [2.24, 2.45) is 0 Å². The van der Waals surface area contributed by atoms with Gasteiger partial charge < -0.3 is 0 Å². The molecular formula is C13H4Cl5FN2. The van der Waals surface area contributed by atoms with Gasteiger partial charge in [0.1, 0.15) is 5.69 Å². The summed E-state index contributed by atoms with van der Waals surface area (Å²) in [4.78, 5) is 3.91. The monoisotopic (exact) mass is 382 g/mol. The second kappa shape index (κ2) is 6.56. The Kier molecular flexibility index (Phi) is 5.19. The van der Waals surface area contributed by atoms with Crippen LogP contribution in [0.25, 0.3) is 11.3 Å². The normalized spacial score (nSPS) is 10.5. The highest BCUT2D eigenvalue weighted by atomic mass is 35.5. The molecule has 0 fully saturated rings. The quantitative estimate of drug-likeness (QED) is 0.455. The average Bonchev–Trinajstić information content (AvgIpc) is 2.47. The molecule has 0 saturated heterocycles. The summed E-state index contributed by atoms with van der Waals surface area (Å²) in [6.07, 6.45) is 1.22. The Hall–Kier alpha value is -0.760. The Labute approximate surface area is 145 Å². The van der Waals surface area contributed by atoms with Gasteiger partial charge in [-0.3, -0.25) is 4.98 Å². The molecule has 0 bridgehead atoms. The molecule has 0 unspecified atom stereocenters. The summed E-state index contributed by atoms with van der Waals surface area (Å²) in [6, 6.07) is 3.25. The van der Waals surface area contributed by atoms with Crippen LogP contribution in [0.15, 0.2) is 12.3 Å². The highest BCUT2D eigenvalue weighted by Crippen LogP contribution is 2.48. The second-order valence-corrected chi connectivity index (χ2v) is 5.80. The topological polar surface area (TPSA) is 36.7 Å². The Balaban J connectivity index is 2.81. The fourth-order valence-electron chi connectivity index (χ4n) is 1.69. The van der Waals surface area contributed by atoms with E-state index in [4.69, 9.17) is 63.3 Å². The molecule has 21 heavy (non-hydrogen) atoms. The summed E-state index contributed by atoms with van der Waals surface area (Å²) in [5.41, 5.74) is 0.0602. The van der Waals surface area contributed by atoms with E-state index in [1.165, 1.54) is 12.3 Å². The number of nitriles is 1. The van der Waals surface area contributed by atoms with E-state index in [0.29, 0.717) is 0 Å². The molecule has 0 aliphatic carbocycles. The van der Waals surface area contributed by atoms with Crippen LogP contribution in [0.5, 0.6) is 0 Å². The lowest BCUT2D eigenvalue weighted by Crippen LogP contribution is -1.98. The third kappa shape index (κ3) is 2.92. The van der Waals surface area contributed by atoms with Crippen molar-refractivity contribution in [3.63, 3.8) is 0 Å². The van der Waals surface area contributed by atoms with Gasteiger partial charge in [-0.1, -0.05) is 58.0 Å². The van der Waals surface area contributed by atoms with Crippen LogP contribution in [-0.2, 0) is 6.42 Å². The predicted octanol–water partition coefficient (Wildman–Crippen LogP) is 6.22. The van der Waals surface area contributed by atoms with Gasteiger partial charge in [-0.25, -0.2) is 4.39 Å². The highest BCUT2D eigenvalue weighted by Gasteiger charge is 2.24. The first-order chi connectivity index (χ1) is 9.90. The van der Waals surface area contributed by atoms with Gasteiger partial charge in [0.2, 0.25) is 0 Å². The van der Waals surface area contributed by atoms with Gasteiger partial charge in [-0.2, -0.15) is 5.26 Å². The summed E-state index contributed by atoms with van der Waals surface area (Å²) in [5, 5.41) is 8.46. The molecule has 1 heterocycles. The zero-order valence-electron chi connectivity index (χ0n) is 10.0. The predicted molar refractivity (Wildman–Crippen MR) is 84.0 cm³/mol. The Bertz CT molecular complexity index is 741. The smallest absolute Gasteiger partial charge is 0.153 e. The van der Waals surface area contributed by atoms with Gasteiger partial charge in [0.15, 0.2) is 5.82 Å². The van der Waals surface area contributed by atoms with Crippen LogP contribution in [0, 0.1) is 17.1 Å². The largest absolute Gasteiger partial charge is 0.253 e. The van der Waals surface area contributed by atoms with E-state index in [0.717, 1.165) is 0 Å². The number of nitrogens with zero attached hydrogens (tertiary/aromatic N) is 2. The molecule has 0 aliphatic rings. The van der Waals surface area contributed by atoms with Gasteiger partial charge in [-0.05, 0) is 6.07 Å². The fraction of sp³-hybridized carbons (Fsp3) is 0.0769. The van der Waals surface area contributed by atoms with Crippen molar-refractivity contribution >= 4 is 58.0 Å². The maximum atomic E-state index is 14.4. The summed E-state index contributed by atoms with van der Waals surface area (Å²) in [5.74, 6) is -0.711. The lowest BCUT2D eigenvalue weighted by atomic mass is 10.1. The molecule has 1 aromatic carbocycles. The number of pyridine rings is 1. The Morgan fingerprint density at radius 1 is 1.00 bits per heavy atom. The maximum absolute atomic E-state index is 14.4. The summed E-state index contributed by atoms with van der Waals surface area (Å²) < 4.78 is 14.4. The van der Waals surface area contributed by atoms with Gasteiger partial charge in [0.25, 0.3) is 0 Å². The third-order valence-electron chi connectivity index (χ3n) is 2.69. The molecule has 2 aromatic rings. The third-order valence-corrected chi connectivity index (χ3v) is 4.96. The standard InChI is InChI=1S/C13H4Cl5FN2/c14-7-6(8(15)10(17)11(18)9(7)16)13-12(19)5(1-3-20)2-4-21-13/h2,4H,1H2. The first-order valence-corrected chi connectivity index (χ1v) is 7.31. The number of hydrogen-bond acceptors (Lipinski definition) is 2. The molecule has 0 radical (unpaired) electrons. The molecular weight excluding hydrogens is 380 g/mol. The number of benzene rings is 1. The Morgan fingerprint density at radius 3 is 2.05 bits per heavy atom. The highest BCUT2D eigenvalue weighted by molar-refractivity contribution is 6.56. The number of halogens is 6. The van der Waals surface area contributed by atoms with Crippen molar-refractivity contribution in [2.45, 2.75) is 6.42 Å². The minimum absolute atomic E-state index is 0.0225. The minimum Gasteiger partial charge on any atom is -0.253 e. The first-order valence-electron chi connectivity index (χ1n) is 5.42. The van der Waals surface area contributed by atoms with Gasteiger partial charge >= 0.3 is 0 Å². The van der Waals surface area contributed by atoms with Crippen molar-refractivity contribution in [3.8, 4) is 17.3 Å². The van der Waals surface area contributed by atoms with Crippen LogP contribution >= 0.6 is 58.0 Å². The molecule has 0 spiro atoms. The number of hydrogen-bond donors (Lipinski definition) is 0. The zero-order valence-corrected chi connectivity index (χ0v) is 13.8. The lowest BCUT2D eigenvalue weighted by Gasteiger charge is -2.13. The van der Waals surface area contributed by atoms with Crippen LogP contribution in [0.1, 0.15) is 5.56 Å². The van der Waals surface area contributed by atoms with Crippen molar-refractivity contribution in [1.29, 1.82) is 5.26 Å². The molecule has 108 valence electrons. The zero-order chi connectivity index (χ0) is 15.7. The summed E-state index contributed by atoms with van der Waals surface area (Å²) in [7, 11) is 0. The van der Waals surface area contributed by atoms with E-state index in [2.05, 4.69) is 4.98 Å². The minimum atomic E-state index is -0.711. The van der Waals surface area contributed by atoms with E-state index < -0.39 is 5.82 Å². The van der Waals surface area contributed by atoms with Gasteiger partial charge in [0.05, 0.1) is 37.6 Å². The summed E-state index contributed by atoms with van der Waals surface area (Å²) >= 11 is 29.9. The molecule has 0 N–H and O–H groups in total. The van der Waals surface area contributed by atoms with Crippen molar-refractivity contribution in [1.82, 2.24) is 4.98 Å². The van der Waals surface area contributed by atoms with E-state index in [1.54, 1.807) is 0 Å². The van der Waals surface area contributed by atoms with Crippen LogP contribution in [0.3, 0.4) is 0 Å². The Morgan fingerprint density at radius 2 is 1.52 bits per heavy atom. The molecule has 2 rings (SSSR count). The average molecular weight is 384 g/mol. The van der Waals surface area contributed by atoms with Crippen LogP contribution in [-0.4, -0.2) is 4.98 Å². The van der Waals surface area contributed by atoms with Crippen LogP contribution in [0.4, 0.5) is 4.39 Å². The van der Waals surface area contributed by atoms with Crippen LogP contribution in [0.2, 0.25) is 25.1 Å². The SMILES string of the molecule is N#CCc1ccnc(-c2c(Cl)c(Cl)c(Cl)c(Cl)c2Cl)c1F. The maximum Gasteiger partial charge on any atom is 0.153 e. The molecule has 1 aromatic heterocycles. The molecule has 0 saturated carbocycles. The molecule has 0 atom stereocenters. The van der Waals surface area contributed by atoms with E-state index in [9.17, 15) is 4.39 Å². The number of aromatic nitrogens is 1. The van der Waals surface area contributed by atoms with Crippen molar-refractivity contribution in [2.75, 3.05) is 0 Å². The molecule has 0 aliphatic heterocycles. The van der Waals surface area contributed by atoms with Crippen molar-refractivity contribution < 1.29 is 4.39 Å². The molecule has 8 heteroatoms. The van der Waals surface area contributed by atoms with Crippen molar-refractivity contribution in [3.05, 3.63) is 48.8 Å². The second-order valence-electron chi connectivity index (χ2n) is 3.91. The lowest BCUT2D eigenvalue weighted by molar-refractivity contribution is 0.613. The first kappa shape index (κ1) is 16.6. The van der Waals surface area contributed by atoms with Crippen LogP contribution < -0.4 is 0 Å². The fourth-order valence-corrected chi connectivity index (χ4v) is 3.01. The molecule has 2 nitrogen and oxygen atoms in total. The number of rotatable bonds is 2. The molecule has 0 amide bonds. The van der Waals surface area contributed by atoms with Gasteiger partial charge in [0, 0.05) is 17.3 Å².